The summed E-state index contributed by atoms with van der Waals surface area (Å²) in [5, 5.41) is 3.58. The van der Waals surface area contributed by atoms with Crippen molar-refractivity contribution in [3.05, 3.63) is 63.0 Å². The minimum atomic E-state index is -0.136. The first-order valence-electron chi connectivity index (χ1n) is 8.27. The van der Waals surface area contributed by atoms with Gasteiger partial charge in [-0.1, -0.05) is 30.3 Å². The van der Waals surface area contributed by atoms with Crippen LogP contribution >= 0.6 is 11.3 Å². The molecule has 6 heteroatoms. The van der Waals surface area contributed by atoms with Crippen LogP contribution in [0.4, 0.5) is 0 Å². The number of nitrogens with one attached hydrogen (secondary N) is 1. The lowest BCUT2D eigenvalue weighted by atomic mass is 10.1. The van der Waals surface area contributed by atoms with E-state index in [1.807, 2.05) is 32.0 Å². The molecule has 0 fully saturated rings. The number of carbonyl (C=O) groups excluding carboxylic acids is 1. The van der Waals surface area contributed by atoms with E-state index in [1.165, 1.54) is 27.8 Å². The van der Waals surface area contributed by atoms with Crippen LogP contribution in [0.2, 0.25) is 0 Å². The number of thiophene rings is 1. The average Bonchev–Trinajstić information content (AvgIpc) is 2.95. The molecule has 130 valence electrons. The summed E-state index contributed by atoms with van der Waals surface area (Å²) in [6, 6.07) is 10.3. The Balaban J connectivity index is 1.73. The topological polar surface area (TPSA) is 64.0 Å². The SMILES string of the molecule is Cc1c(C(=O)NC(C)CCc2ccccc2)sc2ncn(C)c(=O)c12. The Bertz CT molecular complexity index is 960. The Morgan fingerprint density at radius 1 is 1.32 bits per heavy atom. The maximum atomic E-state index is 12.6. The molecule has 0 bridgehead atoms. The van der Waals surface area contributed by atoms with Gasteiger partial charge in [0, 0.05) is 13.1 Å². The Hall–Kier alpha value is -2.47. The van der Waals surface area contributed by atoms with Crippen LogP contribution in [0.3, 0.4) is 0 Å². The lowest BCUT2D eigenvalue weighted by Gasteiger charge is -2.13. The molecule has 1 amide bonds. The van der Waals surface area contributed by atoms with Crippen LogP contribution in [-0.2, 0) is 13.5 Å². The van der Waals surface area contributed by atoms with E-state index in [-0.39, 0.29) is 17.5 Å². The van der Waals surface area contributed by atoms with Crippen molar-refractivity contribution in [3.8, 4) is 0 Å². The van der Waals surface area contributed by atoms with Crippen LogP contribution in [0, 0.1) is 6.92 Å². The fraction of sp³-hybridized carbons (Fsp3) is 0.316. The Morgan fingerprint density at radius 2 is 2.04 bits per heavy atom. The van der Waals surface area contributed by atoms with Crippen molar-refractivity contribution in [1.82, 2.24) is 14.9 Å². The molecule has 25 heavy (non-hydrogen) atoms. The fourth-order valence-corrected chi connectivity index (χ4v) is 3.86. The largest absolute Gasteiger partial charge is 0.349 e. The molecule has 2 aromatic heterocycles. The van der Waals surface area contributed by atoms with E-state index >= 15 is 0 Å². The molecule has 0 aliphatic heterocycles. The van der Waals surface area contributed by atoms with E-state index in [4.69, 9.17) is 0 Å². The maximum absolute atomic E-state index is 12.6. The lowest BCUT2D eigenvalue weighted by Crippen LogP contribution is -2.32. The van der Waals surface area contributed by atoms with Crippen LogP contribution < -0.4 is 10.9 Å². The molecule has 3 aromatic rings. The molecule has 0 radical (unpaired) electrons. The van der Waals surface area contributed by atoms with Gasteiger partial charge in [0.05, 0.1) is 16.6 Å². The molecule has 1 aromatic carbocycles. The highest BCUT2D eigenvalue weighted by Crippen LogP contribution is 2.26. The first-order chi connectivity index (χ1) is 12.0. The minimum Gasteiger partial charge on any atom is -0.349 e. The van der Waals surface area contributed by atoms with Crippen LogP contribution in [-0.4, -0.2) is 21.5 Å². The highest BCUT2D eigenvalue weighted by atomic mass is 32.1. The normalized spacial score (nSPS) is 12.3. The van der Waals surface area contributed by atoms with Gasteiger partial charge in [-0.2, -0.15) is 0 Å². The van der Waals surface area contributed by atoms with Gasteiger partial charge in [-0.15, -0.1) is 11.3 Å². The van der Waals surface area contributed by atoms with E-state index in [2.05, 4.69) is 22.4 Å². The molecule has 2 heterocycles. The van der Waals surface area contributed by atoms with E-state index in [0.717, 1.165) is 12.8 Å². The first kappa shape index (κ1) is 17.4. The molecule has 0 saturated carbocycles. The Morgan fingerprint density at radius 3 is 2.76 bits per heavy atom. The number of rotatable bonds is 5. The predicted octanol–water partition coefficient (Wildman–Crippen LogP) is 3.05. The van der Waals surface area contributed by atoms with E-state index in [1.54, 1.807) is 7.05 Å². The summed E-state index contributed by atoms with van der Waals surface area (Å²) in [5.41, 5.74) is 1.85. The quantitative estimate of drug-likeness (QED) is 0.765. The number of carbonyl (C=O) groups is 1. The van der Waals surface area contributed by atoms with Crippen molar-refractivity contribution < 1.29 is 4.79 Å². The fourth-order valence-electron chi connectivity index (χ4n) is 2.81. The van der Waals surface area contributed by atoms with Gasteiger partial charge in [-0.25, -0.2) is 4.98 Å². The standard InChI is InChI=1S/C19H21N3O2S/c1-12(9-10-14-7-5-4-6-8-14)21-17(23)16-13(2)15-18(25-16)20-11-22(3)19(15)24/h4-8,11-12H,9-10H2,1-3H3,(H,21,23). The molecule has 0 aliphatic rings. The molecule has 1 unspecified atom stereocenters. The van der Waals surface area contributed by atoms with E-state index in [9.17, 15) is 9.59 Å². The van der Waals surface area contributed by atoms with E-state index in [0.29, 0.717) is 20.7 Å². The molecule has 1 N–H and O–H groups in total. The molecule has 3 rings (SSSR count). The van der Waals surface area contributed by atoms with Crippen molar-refractivity contribution in [2.24, 2.45) is 7.05 Å². The average molecular weight is 355 g/mol. The molecular formula is C19H21N3O2S. The zero-order chi connectivity index (χ0) is 18.0. The number of aromatic nitrogens is 2. The van der Waals surface area contributed by atoms with Crippen molar-refractivity contribution in [2.75, 3.05) is 0 Å². The first-order valence-corrected chi connectivity index (χ1v) is 9.08. The third-order valence-corrected chi connectivity index (χ3v) is 5.50. The highest BCUT2D eigenvalue weighted by Gasteiger charge is 2.20. The molecule has 1 atom stereocenters. The Kier molecular flexibility index (Phi) is 4.99. The van der Waals surface area contributed by atoms with Gasteiger partial charge in [0.2, 0.25) is 0 Å². The zero-order valence-electron chi connectivity index (χ0n) is 14.6. The van der Waals surface area contributed by atoms with Gasteiger partial charge in [0.15, 0.2) is 0 Å². The summed E-state index contributed by atoms with van der Waals surface area (Å²) in [6.45, 7) is 3.81. The zero-order valence-corrected chi connectivity index (χ0v) is 15.4. The number of benzene rings is 1. The van der Waals surface area contributed by atoms with Gasteiger partial charge in [0.25, 0.3) is 11.5 Å². The summed E-state index contributed by atoms with van der Waals surface area (Å²) >= 11 is 1.27. The third kappa shape index (κ3) is 3.64. The van der Waals surface area contributed by atoms with Gasteiger partial charge < -0.3 is 9.88 Å². The molecule has 0 aliphatic carbocycles. The number of amides is 1. The predicted molar refractivity (Wildman–Crippen MR) is 101 cm³/mol. The molecule has 5 nitrogen and oxygen atoms in total. The van der Waals surface area contributed by atoms with Crippen LogP contribution in [0.25, 0.3) is 10.2 Å². The smallest absolute Gasteiger partial charge is 0.262 e. The summed E-state index contributed by atoms with van der Waals surface area (Å²) in [6.07, 6.45) is 3.26. The van der Waals surface area contributed by atoms with Crippen molar-refractivity contribution in [1.29, 1.82) is 0 Å². The second kappa shape index (κ2) is 7.19. The Labute approximate surface area is 150 Å². The number of nitrogens with zero attached hydrogens (tertiary/aromatic N) is 2. The van der Waals surface area contributed by atoms with Gasteiger partial charge in [0.1, 0.15) is 4.83 Å². The van der Waals surface area contributed by atoms with Crippen molar-refractivity contribution >= 4 is 27.5 Å². The third-order valence-electron chi connectivity index (χ3n) is 4.30. The van der Waals surface area contributed by atoms with Gasteiger partial charge in [-0.3, -0.25) is 9.59 Å². The number of hydrogen-bond donors (Lipinski definition) is 1. The summed E-state index contributed by atoms with van der Waals surface area (Å²) < 4.78 is 1.44. The highest BCUT2D eigenvalue weighted by molar-refractivity contribution is 7.20. The number of aryl methyl sites for hydroxylation is 3. The number of fused-ring (bicyclic) bond motifs is 1. The van der Waals surface area contributed by atoms with Gasteiger partial charge >= 0.3 is 0 Å². The molecule has 0 saturated heterocycles. The van der Waals surface area contributed by atoms with Crippen LogP contribution in [0.15, 0.2) is 41.5 Å². The minimum absolute atomic E-state index is 0.0492. The summed E-state index contributed by atoms with van der Waals surface area (Å²) in [4.78, 5) is 30.3. The molecular weight excluding hydrogens is 334 g/mol. The van der Waals surface area contributed by atoms with Crippen LogP contribution in [0.5, 0.6) is 0 Å². The molecule has 0 spiro atoms. The number of hydrogen-bond acceptors (Lipinski definition) is 4. The second-order valence-corrected chi connectivity index (χ2v) is 7.29. The summed E-state index contributed by atoms with van der Waals surface area (Å²) in [5.74, 6) is -0.136. The monoisotopic (exact) mass is 355 g/mol. The van der Waals surface area contributed by atoms with Crippen LogP contribution in [0.1, 0.15) is 34.1 Å². The van der Waals surface area contributed by atoms with Gasteiger partial charge in [-0.05, 0) is 37.8 Å². The second-order valence-electron chi connectivity index (χ2n) is 6.30. The van der Waals surface area contributed by atoms with Crippen molar-refractivity contribution in [2.45, 2.75) is 32.7 Å². The summed E-state index contributed by atoms with van der Waals surface area (Å²) in [7, 11) is 1.66. The lowest BCUT2D eigenvalue weighted by molar-refractivity contribution is 0.0942. The maximum Gasteiger partial charge on any atom is 0.262 e. The van der Waals surface area contributed by atoms with Crippen molar-refractivity contribution in [3.63, 3.8) is 0 Å². The van der Waals surface area contributed by atoms with E-state index < -0.39 is 0 Å².